The monoisotopic (exact) mass is 329 g/mol. The summed E-state index contributed by atoms with van der Waals surface area (Å²) in [4.78, 5) is 26.1. The Bertz CT molecular complexity index is 671. The zero-order valence-corrected chi connectivity index (χ0v) is 13.8. The SMILES string of the molecule is O=C1CCc2cc(OCC(=O)NC34CCCN(CC3)C4)ccc2N1. The molecular formula is C18H23N3O3. The molecule has 2 fully saturated rings. The Morgan fingerprint density at radius 1 is 1.29 bits per heavy atom. The number of benzene rings is 1. The average molecular weight is 329 g/mol. The van der Waals surface area contributed by atoms with Gasteiger partial charge in [-0.05, 0) is 56.0 Å². The highest BCUT2D eigenvalue weighted by molar-refractivity contribution is 5.94. The van der Waals surface area contributed by atoms with Gasteiger partial charge in [-0.3, -0.25) is 9.59 Å². The lowest BCUT2D eigenvalue weighted by atomic mass is 9.90. The highest BCUT2D eigenvalue weighted by atomic mass is 16.5. The average Bonchev–Trinajstić information content (AvgIpc) is 2.86. The van der Waals surface area contributed by atoms with Crippen molar-refractivity contribution in [2.24, 2.45) is 0 Å². The van der Waals surface area contributed by atoms with E-state index >= 15 is 0 Å². The molecule has 3 heterocycles. The molecule has 2 saturated heterocycles. The zero-order chi connectivity index (χ0) is 16.6. The highest BCUT2D eigenvalue weighted by Crippen LogP contribution is 2.31. The Kier molecular flexibility index (Phi) is 3.92. The first-order chi connectivity index (χ1) is 11.6. The number of hydrogen-bond acceptors (Lipinski definition) is 4. The van der Waals surface area contributed by atoms with E-state index in [9.17, 15) is 9.59 Å². The summed E-state index contributed by atoms with van der Waals surface area (Å²) in [5, 5.41) is 6.04. The molecule has 3 aliphatic rings. The van der Waals surface area contributed by atoms with Gasteiger partial charge >= 0.3 is 0 Å². The van der Waals surface area contributed by atoms with E-state index in [1.807, 2.05) is 12.1 Å². The van der Waals surface area contributed by atoms with E-state index in [1.165, 1.54) is 0 Å². The minimum Gasteiger partial charge on any atom is -0.484 e. The van der Waals surface area contributed by atoms with Crippen LogP contribution < -0.4 is 15.4 Å². The first-order valence-corrected chi connectivity index (χ1v) is 8.71. The maximum absolute atomic E-state index is 12.3. The second-order valence-corrected chi connectivity index (χ2v) is 7.11. The maximum Gasteiger partial charge on any atom is 0.258 e. The molecule has 0 aliphatic carbocycles. The number of anilines is 1. The van der Waals surface area contributed by atoms with Crippen molar-refractivity contribution in [3.05, 3.63) is 23.8 Å². The molecule has 6 heteroatoms. The number of hydrogen-bond donors (Lipinski definition) is 2. The largest absolute Gasteiger partial charge is 0.484 e. The summed E-state index contributed by atoms with van der Waals surface area (Å²) in [7, 11) is 0. The van der Waals surface area contributed by atoms with Crippen LogP contribution in [0.15, 0.2) is 18.2 Å². The summed E-state index contributed by atoms with van der Waals surface area (Å²) in [6.45, 7) is 3.24. The van der Waals surface area contributed by atoms with Crippen LogP contribution in [-0.4, -0.2) is 48.5 Å². The summed E-state index contributed by atoms with van der Waals surface area (Å²) in [6, 6.07) is 5.56. The van der Waals surface area contributed by atoms with E-state index in [0.29, 0.717) is 18.6 Å². The lowest BCUT2D eigenvalue weighted by molar-refractivity contribution is -0.125. The van der Waals surface area contributed by atoms with Crippen molar-refractivity contribution in [3.63, 3.8) is 0 Å². The second kappa shape index (κ2) is 6.09. The van der Waals surface area contributed by atoms with Gasteiger partial charge in [-0.15, -0.1) is 0 Å². The molecule has 4 rings (SSSR count). The molecule has 24 heavy (non-hydrogen) atoms. The van der Waals surface area contributed by atoms with Crippen molar-refractivity contribution < 1.29 is 14.3 Å². The predicted molar refractivity (Wildman–Crippen MR) is 90.1 cm³/mol. The molecule has 0 spiro atoms. The van der Waals surface area contributed by atoms with Gasteiger partial charge < -0.3 is 20.3 Å². The fourth-order valence-electron chi connectivity index (χ4n) is 4.09. The van der Waals surface area contributed by atoms with Gasteiger partial charge in [0.1, 0.15) is 5.75 Å². The Hall–Kier alpha value is -2.08. The van der Waals surface area contributed by atoms with Crippen LogP contribution in [0.1, 0.15) is 31.2 Å². The predicted octanol–water partition coefficient (Wildman–Crippen LogP) is 1.30. The van der Waals surface area contributed by atoms with Crippen molar-refractivity contribution in [2.75, 3.05) is 31.6 Å². The molecule has 1 aromatic carbocycles. The highest BCUT2D eigenvalue weighted by Gasteiger charge is 2.41. The number of amides is 2. The summed E-state index contributed by atoms with van der Waals surface area (Å²) in [5.41, 5.74) is 1.86. The number of carbonyl (C=O) groups is 2. The van der Waals surface area contributed by atoms with Crippen molar-refractivity contribution in [1.29, 1.82) is 0 Å². The van der Waals surface area contributed by atoms with Crippen LogP contribution in [0.4, 0.5) is 5.69 Å². The molecule has 0 aromatic heterocycles. The normalized spacial score (nSPS) is 28.0. The number of nitrogens with zero attached hydrogens (tertiary/aromatic N) is 1. The first-order valence-electron chi connectivity index (χ1n) is 8.71. The molecule has 2 amide bonds. The fraction of sp³-hybridized carbons (Fsp3) is 0.556. The van der Waals surface area contributed by atoms with Gasteiger partial charge in [0.05, 0.1) is 5.54 Å². The van der Waals surface area contributed by atoms with E-state index < -0.39 is 0 Å². The van der Waals surface area contributed by atoms with Gasteiger partial charge in [-0.1, -0.05) is 0 Å². The Balaban J connectivity index is 1.33. The Morgan fingerprint density at radius 2 is 2.21 bits per heavy atom. The molecule has 2 N–H and O–H groups in total. The Labute approximate surface area is 141 Å². The van der Waals surface area contributed by atoms with Crippen LogP contribution in [0, 0.1) is 0 Å². The molecule has 1 aromatic rings. The fourth-order valence-corrected chi connectivity index (χ4v) is 4.09. The third kappa shape index (κ3) is 3.11. The van der Waals surface area contributed by atoms with Gasteiger partial charge in [-0.25, -0.2) is 0 Å². The van der Waals surface area contributed by atoms with E-state index in [0.717, 1.165) is 50.1 Å². The molecule has 0 radical (unpaired) electrons. The number of aryl methyl sites for hydroxylation is 1. The zero-order valence-electron chi connectivity index (χ0n) is 13.8. The summed E-state index contributed by atoms with van der Waals surface area (Å²) in [5.74, 6) is 0.673. The van der Waals surface area contributed by atoms with Crippen LogP contribution in [-0.2, 0) is 16.0 Å². The topological polar surface area (TPSA) is 70.7 Å². The lowest BCUT2D eigenvalue weighted by Gasteiger charge is -2.34. The molecule has 0 saturated carbocycles. The van der Waals surface area contributed by atoms with E-state index in [2.05, 4.69) is 15.5 Å². The Morgan fingerprint density at radius 3 is 3.12 bits per heavy atom. The van der Waals surface area contributed by atoms with Gasteiger partial charge in [0, 0.05) is 25.2 Å². The summed E-state index contributed by atoms with van der Waals surface area (Å²) >= 11 is 0. The van der Waals surface area contributed by atoms with Gasteiger partial charge in [0.15, 0.2) is 6.61 Å². The van der Waals surface area contributed by atoms with Crippen LogP contribution in [0.5, 0.6) is 5.75 Å². The first kappa shape index (κ1) is 15.4. The van der Waals surface area contributed by atoms with Gasteiger partial charge in [0.25, 0.3) is 5.91 Å². The molecule has 2 bridgehead atoms. The van der Waals surface area contributed by atoms with E-state index in [1.54, 1.807) is 6.07 Å². The van der Waals surface area contributed by atoms with Crippen molar-refractivity contribution >= 4 is 17.5 Å². The second-order valence-electron chi connectivity index (χ2n) is 7.11. The molecular weight excluding hydrogens is 306 g/mol. The number of piperidine rings is 1. The van der Waals surface area contributed by atoms with Gasteiger partial charge in [-0.2, -0.15) is 0 Å². The summed E-state index contributed by atoms with van der Waals surface area (Å²) < 4.78 is 5.67. The van der Waals surface area contributed by atoms with Crippen molar-refractivity contribution in [1.82, 2.24) is 10.2 Å². The van der Waals surface area contributed by atoms with E-state index in [4.69, 9.17) is 4.74 Å². The van der Waals surface area contributed by atoms with Crippen LogP contribution in [0.3, 0.4) is 0 Å². The number of carbonyl (C=O) groups excluding carboxylic acids is 2. The van der Waals surface area contributed by atoms with Crippen molar-refractivity contribution in [2.45, 2.75) is 37.6 Å². The van der Waals surface area contributed by atoms with Crippen LogP contribution in [0.2, 0.25) is 0 Å². The molecule has 128 valence electrons. The number of nitrogens with one attached hydrogen (secondary N) is 2. The van der Waals surface area contributed by atoms with Gasteiger partial charge in [0.2, 0.25) is 5.91 Å². The standard InChI is InChI=1S/C18H23N3O3/c22-16-5-2-13-10-14(3-4-15(13)19-16)24-11-17(23)20-18-6-1-8-21(12-18)9-7-18/h3-4,10H,1-2,5-9,11-12H2,(H,19,22)(H,20,23). The minimum atomic E-state index is -0.0511. The molecule has 2 atom stereocenters. The third-order valence-corrected chi connectivity index (χ3v) is 5.31. The lowest BCUT2D eigenvalue weighted by Crippen LogP contribution is -2.53. The number of fused-ring (bicyclic) bond motifs is 3. The minimum absolute atomic E-state index is 0.0346. The summed E-state index contributed by atoms with van der Waals surface area (Å²) in [6.07, 6.45) is 4.46. The quantitative estimate of drug-likeness (QED) is 0.874. The molecule has 6 nitrogen and oxygen atoms in total. The number of rotatable bonds is 4. The van der Waals surface area contributed by atoms with Crippen LogP contribution in [0.25, 0.3) is 0 Å². The van der Waals surface area contributed by atoms with Crippen LogP contribution >= 0.6 is 0 Å². The maximum atomic E-state index is 12.3. The van der Waals surface area contributed by atoms with Crippen molar-refractivity contribution in [3.8, 4) is 5.75 Å². The molecule has 3 aliphatic heterocycles. The van der Waals surface area contributed by atoms with E-state index in [-0.39, 0.29) is 24.0 Å². The third-order valence-electron chi connectivity index (χ3n) is 5.31. The smallest absolute Gasteiger partial charge is 0.258 e. The number of ether oxygens (including phenoxy) is 1. The molecule has 2 unspecified atom stereocenters.